The van der Waals surface area contributed by atoms with Gasteiger partial charge < -0.3 is 20.1 Å². The van der Waals surface area contributed by atoms with E-state index >= 15 is 0 Å². The molecule has 0 fully saturated rings. The van der Waals surface area contributed by atoms with Crippen LogP contribution in [0.2, 0.25) is 0 Å². The topological polar surface area (TPSA) is 67.8 Å². The van der Waals surface area contributed by atoms with Crippen LogP contribution in [0.4, 0.5) is 0 Å². The maximum absolute atomic E-state index is 5.91. The Morgan fingerprint density at radius 3 is 2.67 bits per heavy atom. The molecule has 1 unspecified atom stereocenters. The smallest absolute Gasteiger partial charge is 0.191 e. The molecule has 1 aromatic carbocycles. The van der Waals surface area contributed by atoms with Crippen molar-refractivity contribution in [3.63, 3.8) is 0 Å². The Morgan fingerprint density at radius 1 is 1.15 bits per heavy atom. The Kier molecular flexibility index (Phi) is 11.2. The molecule has 2 rings (SSSR count). The molecule has 0 aliphatic rings. The van der Waals surface area contributed by atoms with Gasteiger partial charge in [0.1, 0.15) is 17.6 Å². The minimum atomic E-state index is -0.0478. The largest absolute Gasteiger partial charge is 0.497 e. The maximum atomic E-state index is 5.91. The van der Waals surface area contributed by atoms with Crippen LogP contribution in [-0.2, 0) is 6.42 Å². The van der Waals surface area contributed by atoms with Crippen molar-refractivity contribution in [3.05, 3.63) is 54.4 Å². The van der Waals surface area contributed by atoms with Crippen LogP contribution in [0.1, 0.15) is 19.5 Å². The van der Waals surface area contributed by atoms with E-state index in [9.17, 15) is 0 Å². The van der Waals surface area contributed by atoms with E-state index in [4.69, 9.17) is 9.47 Å². The van der Waals surface area contributed by atoms with E-state index in [2.05, 4.69) is 20.6 Å². The summed E-state index contributed by atoms with van der Waals surface area (Å²) in [6, 6.07) is 13.5. The van der Waals surface area contributed by atoms with Crippen LogP contribution in [0.5, 0.6) is 11.5 Å². The van der Waals surface area contributed by atoms with Gasteiger partial charge in [-0.1, -0.05) is 12.1 Å². The Bertz CT molecular complexity index is 683. The highest BCUT2D eigenvalue weighted by Crippen LogP contribution is 2.19. The Balaban J connectivity index is 0.00000364. The molecule has 0 spiro atoms. The van der Waals surface area contributed by atoms with Crippen molar-refractivity contribution in [1.29, 1.82) is 0 Å². The molecular formula is C20H29IN4O2. The lowest BCUT2D eigenvalue weighted by atomic mass is 10.3. The number of guanidine groups is 1. The van der Waals surface area contributed by atoms with Crippen LogP contribution >= 0.6 is 24.0 Å². The van der Waals surface area contributed by atoms with E-state index in [1.807, 2.05) is 62.5 Å². The summed E-state index contributed by atoms with van der Waals surface area (Å²) < 4.78 is 11.1. The normalized spacial score (nSPS) is 11.9. The Hall–Kier alpha value is -2.03. The quantitative estimate of drug-likeness (QED) is 0.325. The zero-order chi connectivity index (χ0) is 18.6. The Labute approximate surface area is 178 Å². The second-order valence-electron chi connectivity index (χ2n) is 5.82. The molecule has 0 aliphatic carbocycles. The molecule has 0 amide bonds. The van der Waals surface area contributed by atoms with Crippen molar-refractivity contribution in [2.75, 3.05) is 26.7 Å². The van der Waals surface area contributed by atoms with E-state index in [0.29, 0.717) is 6.54 Å². The number of hydrogen-bond donors (Lipinski definition) is 2. The molecule has 6 nitrogen and oxygen atoms in total. The number of ether oxygens (including phenoxy) is 2. The number of pyridine rings is 1. The number of aromatic nitrogens is 1. The van der Waals surface area contributed by atoms with Gasteiger partial charge in [0.15, 0.2) is 5.96 Å². The van der Waals surface area contributed by atoms with Gasteiger partial charge in [-0.15, -0.1) is 24.0 Å². The molecule has 1 atom stereocenters. The fourth-order valence-electron chi connectivity index (χ4n) is 2.36. The molecule has 0 aliphatic heterocycles. The van der Waals surface area contributed by atoms with Gasteiger partial charge in [-0.25, -0.2) is 4.99 Å². The zero-order valence-electron chi connectivity index (χ0n) is 16.1. The maximum Gasteiger partial charge on any atom is 0.191 e. The molecule has 27 heavy (non-hydrogen) atoms. The van der Waals surface area contributed by atoms with Crippen LogP contribution in [0, 0.1) is 0 Å². The van der Waals surface area contributed by atoms with Crippen molar-refractivity contribution in [2.45, 2.75) is 26.4 Å². The average Bonchev–Trinajstić information content (AvgIpc) is 2.67. The second-order valence-corrected chi connectivity index (χ2v) is 5.82. The third-order valence-corrected chi connectivity index (χ3v) is 3.63. The number of rotatable bonds is 9. The van der Waals surface area contributed by atoms with Crippen LogP contribution < -0.4 is 20.1 Å². The van der Waals surface area contributed by atoms with Crippen molar-refractivity contribution >= 4 is 29.9 Å². The van der Waals surface area contributed by atoms with Gasteiger partial charge in [0.25, 0.3) is 0 Å². The van der Waals surface area contributed by atoms with E-state index in [1.165, 1.54) is 0 Å². The molecule has 7 heteroatoms. The standard InChI is InChI=1S/C20H28N4O2.HI/c1-4-21-20(23-13-11-17-8-5-6-12-22-17)24-15-16(2)26-19-10-7-9-18(14-19)25-3;/h5-10,12,14,16H,4,11,13,15H2,1-3H3,(H2,21,23,24);1H. The van der Waals surface area contributed by atoms with Crippen LogP contribution in [0.15, 0.2) is 53.7 Å². The molecule has 148 valence electrons. The van der Waals surface area contributed by atoms with E-state index < -0.39 is 0 Å². The minimum Gasteiger partial charge on any atom is -0.497 e. The lowest BCUT2D eigenvalue weighted by Crippen LogP contribution is -2.39. The number of nitrogens with zero attached hydrogens (tertiary/aromatic N) is 2. The molecule has 1 heterocycles. The molecule has 2 aromatic rings. The van der Waals surface area contributed by atoms with Crippen molar-refractivity contribution in [2.24, 2.45) is 4.99 Å². The first-order valence-corrected chi connectivity index (χ1v) is 8.94. The second kappa shape index (κ2) is 13.2. The number of methoxy groups -OCH3 is 1. The van der Waals surface area contributed by atoms with Gasteiger partial charge in [-0.2, -0.15) is 0 Å². The summed E-state index contributed by atoms with van der Waals surface area (Å²) in [6.07, 6.45) is 2.61. The van der Waals surface area contributed by atoms with Gasteiger partial charge in [-0.3, -0.25) is 4.98 Å². The third kappa shape index (κ3) is 8.94. The number of halogens is 1. The van der Waals surface area contributed by atoms with Crippen LogP contribution in [0.25, 0.3) is 0 Å². The van der Waals surface area contributed by atoms with E-state index in [1.54, 1.807) is 7.11 Å². The highest BCUT2D eigenvalue weighted by Gasteiger charge is 2.06. The highest BCUT2D eigenvalue weighted by atomic mass is 127. The predicted octanol–water partition coefficient (Wildman–Crippen LogP) is 3.27. The van der Waals surface area contributed by atoms with Gasteiger partial charge in [-0.05, 0) is 38.1 Å². The number of nitrogens with one attached hydrogen (secondary N) is 2. The number of benzene rings is 1. The third-order valence-electron chi connectivity index (χ3n) is 3.63. The molecule has 0 bridgehead atoms. The van der Waals surface area contributed by atoms with E-state index in [0.717, 1.165) is 42.7 Å². The van der Waals surface area contributed by atoms with Crippen molar-refractivity contribution in [3.8, 4) is 11.5 Å². The Morgan fingerprint density at radius 2 is 1.96 bits per heavy atom. The summed E-state index contributed by atoms with van der Waals surface area (Å²) in [7, 11) is 1.65. The van der Waals surface area contributed by atoms with Gasteiger partial charge in [0, 0.05) is 37.5 Å². The molecule has 1 aromatic heterocycles. The van der Waals surface area contributed by atoms with Gasteiger partial charge in [0.2, 0.25) is 0 Å². The molecule has 2 N–H and O–H groups in total. The number of aliphatic imine (C=N–C) groups is 1. The van der Waals surface area contributed by atoms with E-state index in [-0.39, 0.29) is 30.1 Å². The first kappa shape index (κ1) is 23.0. The summed E-state index contributed by atoms with van der Waals surface area (Å²) in [5.74, 6) is 2.34. The molecule has 0 saturated carbocycles. The zero-order valence-corrected chi connectivity index (χ0v) is 18.5. The highest BCUT2D eigenvalue weighted by molar-refractivity contribution is 14.0. The van der Waals surface area contributed by atoms with Crippen LogP contribution in [0.3, 0.4) is 0 Å². The summed E-state index contributed by atoms with van der Waals surface area (Å²) in [4.78, 5) is 8.93. The lowest BCUT2D eigenvalue weighted by Gasteiger charge is -2.15. The van der Waals surface area contributed by atoms with Gasteiger partial charge >= 0.3 is 0 Å². The fourth-order valence-corrected chi connectivity index (χ4v) is 2.36. The fraction of sp³-hybridized carbons (Fsp3) is 0.400. The molecular weight excluding hydrogens is 455 g/mol. The summed E-state index contributed by atoms with van der Waals surface area (Å²) in [5, 5.41) is 6.58. The van der Waals surface area contributed by atoms with Crippen molar-refractivity contribution < 1.29 is 9.47 Å². The first-order chi connectivity index (χ1) is 12.7. The summed E-state index contributed by atoms with van der Waals surface area (Å²) >= 11 is 0. The lowest BCUT2D eigenvalue weighted by molar-refractivity contribution is 0.229. The SMILES string of the molecule is CCNC(=NCC(C)Oc1cccc(OC)c1)NCCc1ccccn1.I. The first-order valence-electron chi connectivity index (χ1n) is 8.94. The molecule has 0 saturated heterocycles. The van der Waals surface area contributed by atoms with Gasteiger partial charge in [0.05, 0.1) is 13.7 Å². The summed E-state index contributed by atoms with van der Waals surface area (Å²) in [5.41, 5.74) is 1.06. The predicted molar refractivity (Wildman–Crippen MR) is 120 cm³/mol. The average molecular weight is 484 g/mol. The summed E-state index contributed by atoms with van der Waals surface area (Å²) in [6.45, 7) is 6.18. The van der Waals surface area contributed by atoms with Crippen molar-refractivity contribution in [1.82, 2.24) is 15.6 Å². The number of hydrogen-bond acceptors (Lipinski definition) is 4. The molecule has 0 radical (unpaired) electrons. The monoisotopic (exact) mass is 484 g/mol. The minimum absolute atomic E-state index is 0. The van der Waals surface area contributed by atoms with Crippen LogP contribution in [-0.4, -0.2) is 43.8 Å².